The first-order valence-electron chi connectivity index (χ1n) is 6.77. The van der Waals surface area contributed by atoms with Gasteiger partial charge < -0.3 is 10.1 Å². The van der Waals surface area contributed by atoms with E-state index in [1.807, 2.05) is 30.3 Å². The van der Waals surface area contributed by atoms with E-state index in [9.17, 15) is 9.59 Å². The average Bonchev–Trinajstić information content (AvgIpc) is 2.95. The van der Waals surface area contributed by atoms with Crippen molar-refractivity contribution in [2.75, 3.05) is 19.0 Å². The summed E-state index contributed by atoms with van der Waals surface area (Å²) in [5.41, 5.74) is 1.80. The molecule has 1 aromatic carbocycles. The Bertz CT molecular complexity index is 628. The van der Waals surface area contributed by atoms with Crippen LogP contribution >= 0.6 is 11.3 Å². The van der Waals surface area contributed by atoms with Crippen LogP contribution < -0.4 is 10.6 Å². The Labute approximate surface area is 132 Å². The highest BCUT2D eigenvalue weighted by atomic mass is 32.1. The maximum absolute atomic E-state index is 11.8. The van der Waals surface area contributed by atoms with Crippen LogP contribution in [0.2, 0.25) is 0 Å². The smallest absolute Gasteiger partial charge is 0.413 e. The monoisotopic (exact) mass is 319 g/mol. The van der Waals surface area contributed by atoms with Crippen molar-refractivity contribution in [3.05, 3.63) is 47.0 Å². The molecular weight excluding hydrogens is 302 g/mol. The Morgan fingerprint density at radius 2 is 2.05 bits per heavy atom. The summed E-state index contributed by atoms with van der Waals surface area (Å²) >= 11 is 1.25. The van der Waals surface area contributed by atoms with Gasteiger partial charge in [-0.25, -0.2) is 9.78 Å². The molecule has 1 aromatic heterocycles. The number of hydrogen-bond acceptors (Lipinski definition) is 5. The van der Waals surface area contributed by atoms with E-state index in [0.717, 1.165) is 6.42 Å². The van der Waals surface area contributed by atoms with Crippen LogP contribution in [0.1, 0.15) is 11.3 Å². The molecule has 2 amide bonds. The summed E-state index contributed by atoms with van der Waals surface area (Å²) in [6, 6.07) is 9.96. The van der Waals surface area contributed by atoms with Crippen molar-refractivity contribution in [3.8, 4) is 0 Å². The quantitative estimate of drug-likeness (QED) is 0.855. The molecule has 0 radical (unpaired) electrons. The number of aromatic nitrogens is 1. The molecule has 2 N–H and O–H groups in total. The highest BCUT2D eigenvalue weighted by Crippen LogP contribution is 2.15. The van der Waals surface area contributed by atoms with Gasteiger partial charge in [-0.1, -0.05) is 30.3 Å². The summed E-state index contributed by atoms with van der Waals surface area (Å²) in [6.45, 7) is 0.584. The van der Waals surface area contributed by atoms with Crippen LogP contribution in [-0.2, 0) is 22.4 Å². The molecule has 22 heavy (non-hydrogen) atoms. The Morgan fingerprint density at radius 1 is 1.27 bits per heavy atom. The highest BCUT2D eigenvalue weighted by molar-refractivity contribution is 7.13. The van der Waals surface area contributed by atoms with Gasteiger partial charge in [-0.2, -0.15) is 0 Å². The van der Waals surface area contributed by atoms with E-state index < -0.39 is 6.09 Å². The Hall–Kier alpha value is -2.41. The van der Waals surface area contributed by atoms with Crippen LogP contribution in [-0.4, -0.2) is 30.6 Å². The van der Waals surface area contributed by atoms with Crippen molar-refractivity contribution < 1.29 is 14.3 Å². The predicted octanol–water partition coefficient (Wildman–Crippen LogP) is 2.22. The fourth-order valence-electron chi connectivity index (χ4n) is 1.80. The first kappa shape index (κ1) is 16.0. The number of nitrogens with zero attached hydrogens (tertiary/aromatic N) is 1. The average molecular weight is 319 g/mol. The van der Waals surface area contributed by atoms with Gasteiger partial charge in [0, 0.05) is 11.9 Å². The van der Waals surface area contributed by atoms with Gasteiger partial charge in [-0.15, -0.1) is 11.3 Å². The minimum Gasteiger partial charge on any atom is -0.453 e. The molecule has 0 spiro atoms. The van der Waals surface area contributed by atoms with Gasteiger partial charge in [-0.3, -0.25) is 10.1 Å². The molecule has 0 saturated carbocycles. The zero-order chi connectivity index (χ0) is 15.8. The summed E-state index contributed by atoms with van der Waals surface area (Å²) in [4.78, 5) is 27.0. The number of amides is 2. The Balaban J connectivity index is 1.74. The molecule has 0 aliphatic carbocycles. The van der Waals surface area contributed by atoms with Crippen molar-refractivity contribution in [1.82, 2.24) is 10.3 Å². The van der Waals surface area contributed by atoms with Crippen molar-refractivity contribution >= 4 is 28.5 Å². The minimum atomic E-state index is -0.576. The first-order chi connectivity index (χ1) is 10.7. The van der Waals surface area contributed by atoms with Gasteiger partial charge in [0.15, 0.2) is 5.13 Å². The van der Waals surface area contributed by atoms with E-state index in [-0.39, 0.29) is 12.3 Å². The molecule has 0 fully saturated rings. The predicted molar refractivity (Wildman–Crippen MR) is 85.0 cm³/mol. The van der Waals surface area contributed by atoms with E-state index in [0.29, 0.717) is 17.4 Å². The number of rotatable bonds is 6. The van der Waals surface area contributed by atoms with E-state index in [4.69, 9.17) is 0 Å². The second kappa shape index (κ2) is 8.14. The molecule has 2 rings (SSSR count). The molecule has 116 valence electrons. The normalized spacial score (nSPS) is 10.0. The van der Waals surface area contributed by atoms with E-state index in [1.54, 1.807) is 5.38 Å². The summed E-state index contributed by atoms with van der Waals surface area (Å²) in [6.07, 6.45) is 0.403. The van der Waals surface area contributed by atoms with Crippen molar-refractivity contribution in [2.24, 2.45) is 0 Å². The number of hydrogen-bond donors (Lipinski definition) is 2. The molecule has 6 nitrogen and oxygen atoms in total. The fraction of sp³-hybridized carbons (Fsp3) is 0.267. The number of nitrogens with one attached hydrogen (secondary N) is 2. The summed E-state index contributed by atoms with van der Waals surface area (Å²) in [7, 11) is 1.28. The molecular formula is C15H17N3O3S. The van der Waals surface area contributed by atoms with Crippen LogP contribution in [0.3, 0.4) is 0 Å². The zero-order valence-corrected chi connectivity index (χ0v) is 13.0. The minimum absolute atomic E-state index is 0.0918. The second-order valence-electron chi connectivity index (χ2n) is 4.52. The number of ether oxygens (including phenoxy) is 1. The van der Waals surface area contributed by atoms with E-state index in [2.05, 4.69) is 20.4 Å². The highest BCUT2D eigenvalue weighted by Gasteiger charge is 2.09. The van der Waals surface area contributed by atoms with Crippen LogP contribution in [0.15, 0.2) is 35.7 Å². The number of thiazole rings is 1. The molecule has 0 bridgehead atoms. The Morgan fingerprint density at radius 3 is 2.77 bits per heavy atom. The lowest BCUT2D eigenvalue weighted by Gasteiger charge is -2.04. The largest absolute Gasteiger partial charge is 0.453 e. The van der Waals surface area contributed by atoms with Gasteiger partial charge in [-0.05, 0) is 12.0 Å². The van der Waals surface area contributed by atoms with Gasteiger partial charge in [0.25, 0.3) is 0 Å². The summed E-state index contributed by atoms with van der Waals surface area (Å²) in [5, 5.41) is 7.47. The number of carbonyl (C=O) groups excluding carboxylic acids is 2. The molecule has 7 heteroatoms. The second-order valence-corrected chi connectivity index (χ2v) is 5.38. The molecule has 2 aromatic rings. The van der Waals surface area contributed by atoms with E-state index in [1.165, 1.54) is 24.0 Å². The van der Waals surface area contributed by atoms with Crippen LogP contribution in [0.5, 0.6) is 0 Å². The van der Waals surface area contributed by atoms with Crippen molar-refractivity contribution in [2.45, 2.75) is 12.8 Å². The lowest BCUT2D eigenvalue weighted by molar-refractivity contribution is -0.120. The molecule has 1 heterocycles. The Kier molecular flexibility index (Phi) is 5.91. The third kappa shape index (κ3) is 5.17. The third-order valence-corrected chi connectivity index (χ3v) is 3.67. The van der Waals surface area contributed by atoms with Crippen LogP contribution in [0.4, 0.5) is 9.93 Å². The molecule has 0 unspecified atom stereocenters. The fourth-order valence-corrected chi connectivity index (χ4v) is 2.50. The number of anilines is 1. The lowest BCUT2D eigenvalue weighted by atomic mass is 10.1. The van der Waals surface area contributed by atoms with Gasteiger partial charge in [0.05, 0.1) is 19.2 Å². The maximum Gasteiger partial charge on any atom is 0.413 e. The first-order valence-corrected chi connectivity index (χ1v) is 7.65. The third-order valence-electron chi connectivity index (χ3n) is 2.87. The van der Waals surface area contributed by atoms with Crippen LogP contribution in [0.25, 0.3) is 0 Å². The molecule has 0 aliphatic rings. The zero-order valence-electron chi connectivity index (χ0n) is 12.2. The summed E-state index contributed by atoms with van der Waals surface area (Å²) in [5.74, 6) is -0.0918. The maximum atomic E-state index is 11.8. The standard InChI is InChI=1S/C15H17N3O3S/c1-21-15(20)18-14-17-12(10-22-14)9-13(19)16-8-7-11-5-3-2-4-6-11/h2-6,10H,7-9H2,1H3,(H,16,19)(H,17,18,20). The van der Waals surface area contributed by atoms with Gasteiger partial charge in [0.1, 0.15) is 0 Å². The van der Waals surface area contributed by atoms with E-state index >= 15 is 0 Å². The molecule has 0 aliphatic heterocycles. The van der Waals surface area contributed by atoms with Gasteiger partial charge in [0.2, 0.25) is 5.91 Å². The number of carbonyl (C=O) groups is 2. The molecule has 0 atom stereocenters. The number of benzene rings is 1. The van der Waals surface area contributed by atoms with Gasteiger partial charge >= 0.3 is 6.09 Å². The van der Waals surface area contributed by atoms with Crippen LogP contribution in [0, 0.1) is 0 Å². The van der Waals surface area contributed by atoms with Crippen molar-refractivity contribution in [1.29, 1.82) is 0 Å². The summed E-state index contributed by atoms with van der Waals surface area (Å²) < 4.78 is 4.48. The lowest BCUT2D eigenvalue weighted by Crippen LogP contribution is -2.27. The SMILES string of the molecule is COC(=O)Nc1nc(CC(=O)NCCc2ccccc2)cs1. The number of methoxy groups -OCH3 is 1. The van der Waals surface area contributed by atoms with Crippen molar-refractivity contribution in [3.63, 3.8) is 0 Å². The molecule has 0 saturated heterocycles. The topological polar surface area (TPSA) is 80.3 Å².